The Bertz CT molecular complexity index is 768. The van der Waals surface area contributed by atoms with Gasteiger partial charge in [0, 0.05) is 20.1 Å². The summed E-state index contributed by atoms with van der Waals surface area (Å²) in [5.74, 6) is 0.826. The average molecular weight is 351 g/mol. The molecule has 0 heterocycles. The van der Waals surface area contributed by atoms with Crippen LogP contribution in [0.15, 0.2) is 48.5 Å². The van der Waals surface area contributed by atoms with Crippen molar-refractivity contribution >= 4 is 6.03 Å². The molecule has 136 valence electrons. The number of hydrogen-bond acceptors (Lipinski definition) is 3. The lowest BCUT2D eigenvalue weighted by atomic mass is 10.1. The zero-order chi connectivity index (χ0) is 18.8. The fourth-order valence-electron chi connectivity index (χ4n) is 2.48. The number of nitriles is 1. The summed E-state index contributed by atoms with van der Waals surface area (Å²) in [4.78, 5) is 13.9. The molecular formula is C21H25N3O2. The standard InChI is InChI=1S/C21H25N3O2/c1-3-4-11-26-20-10-6-8-18(13-20)15-23-21(25)24(2)16-19-9-5-7-17(12-19)14-22/h5-10,12-13H,3-4,11,15-16H2,1-2H3,(H,23,25). The molecule has 0 radical (unpaired) electrons. The molecule has 0 aliphatic rings. The van der Waals surface area contributed by atoms with E-state index in [0.29, 0.717) is 25.3 Å². The maximum atomic E-state index is 12.3. The van der Waals surface area contributed by atoms with E-state index in [0.717, 1.165) is 29.7 Å². The van der Waals surface area contributed by atoms with Crippen LogP contribution in [-0.2, 0) is 13.1 Å². The lowest BCUT2D eigenvalue weighted by Gasteiger charge is -2.18. The van der Waals surface area contributed by atoms with Gasteiger partial charge in [-0.05, 0) is 41.8 Å². The van der Waals surface area contributed by atoms with Crippen LogP contribution in [-0.4, -0.2) is 24.6 Å². The van der Waals surface area contributed by atoms with Gasteiger partial charge < -0.3 is 15.0 Å². The minimum absolute atomic E-state index is 0.162. The third kappa shape index (κ3) is 6.14. The third-order valence-electron chi connectivity index (χ3n) is 3.93. The normalized spacial score (nSPS) is 10.0. The number of rotatable bonds is 8. The van der Waals surface area contributed by atoms with Crippen LogP contribution >= 0.6 is 0 Å². The van der Waals surface area contributed by atoms with E-state index in [1.807, 2.05) is 36.4 Å². The summed E-state index contributed by atoms with van der Waals surface area (Å²) in [5, 5.41) is 11.9. The maximum absolute atomic E-state index is 12.3. The number of nitrogens with zero attached hydrogens (tertiary/aromatic N) is 2. The van der Waals surface area contributed by atoms with Gasteiger partial charge in [-0.2, -0.15) is 5.26 Å². The second-order valence-electron chi connectivity index (χ2n) is 6.18. The van der Waals surface area contributed by atoms with Gasteiger partial charge in [-0.15, -0.1) is 0 Å². The fraction of sp³-hybridized carbons (Fsp3) is 0.333. The molecule has 0 aromatic heterocycles. The molecule has 0 fully saturated rings. The van der Waals surface area contributed by atoms with Crippen LogP contribution in [0.25, 0.3) is 0 Å². The first-order valence-electron chi connectivity index (χ1n) is 8.82. The molecule has 0 saturated heterocycles. The predicted octanol–water partition coefficient (Wildman–Crippen LogP) is 4.08. The minimum Gasteiger partial charge on any atom is -0.494 e. The molecule has 1 N–H and O–H groups in total. The van der Waals surface area contributed by atoms with Crippen molar-refractivity contribution in [3.05, 3.63) is 65.2 Å². The number of benzene rings is 2. The molecule has 0 unspecified atom stereocenters. The molecule has 2 aromatic carbocycles. The van der Waals surface area contributed by atoms with Gasteiger partial charge in [-0.25, -0.2) is 4.79 Å². The number of nitrogens with one attached hydrogen (secondary N) is 1. The van der Waals surface area contributed by atoms with Gasteiger partial charge in [0.15, 0.2) is 0 Å². The molecule has 26 heavy (non-hydrogen) atoms. The highest BCUT2D eigenvalue weighted by molar-refractivity contribution is 5.73. The van der Waals surface area contributed by atoms with Gasteiger partial charge >= 0.3 is 6.03 Å². The molecule has 5 nitrogen and oxygen atoms in total. The van der Waals surface area contributed by atoms with Gasteiger partial charge in [0.1, 0.15) is 5.75 Å². The molecule has 2 aromatic rings. The van der Waals surface area contributed by atoms with Crippen molar-refractivity contribution in [3.63, 3.8) is 0 Å². The van der Waals surface area contributed by atoms with E-state index >= 15 is 0 Å². The van der Waals surface area contributed by atoms with E-state index in [2.05, 4.69) is 18.3 Å². The molecule has 0 saturated carbocycles. The highest BCUT2D eigenvalue weighted by atomic mass is 16.5. The summed E-state index contributed by atoms with van der Waals surface area (Å²) in [5.41, 5.74) is 2.51. The van der Waals surface area contributed by atoms with Crippen LogP contribution in [0.4, 0.5) is 4.79 Å². The summed E-state index contributed by atoms with van der Waals surface area (Å²) in [6.07, 6.45) is 2.12. The predicted molar refractivity (Wildman–Crippen MR) is 102 cm³/mol. The number of ether oxygens (including phenoxy) is 1. The summed E-state index contributed by atoms with van der Waals surface area (Å²) in [6.45, 7) is 3.72. The fourth-order valence-corrected chi connectivity index (χ4v) is 2.48. The first-order valence-corrected chi connectivity index (χ1v) is 8.82. The first-order chi connectivity index (χ1) is 12.6. The summed E-state index contributed by atoms with van der Waals surface area (Å²) < 4.78 is 5.69. The Hall–Kier alpha value is -3.00. The third-order valence-corrected chi connectivity index (χ3v) is 3.93. The minimum atomic E-state index is -0.162. The van der Waals surface area contributed by atoms with Crippen molar-refractivity contribution < 1.29 is 9.53 Å². The number of hydrogen-bond donors (Lipinski definition) is 1. The molecule has 0 spiro atoms. The molecule has 2 rings (SSSR count). The van der Waals surface area contributed by atoms with Crippen molar-refractivity contribution in [1.82, 2.24) is 10.2 Å². The van der Waals surface area contributed by atoms with Crippen molar-refractivity contribution in [2.75, 3.05) is 13.7 Å². The topological polar surface area (TPSA) is 65.4 Å². The van der Waals surface area contributed by atoms with Crippen LogP contribution in [0, 0.1) is 11.3 Å². The van der Waals surface area contributed by atoms with Crippen molar-refractivity contribution in [1.29, 1.82) is 5.26 Å². The second-order valence-corrected chi connectivity index (χ2v) is 6.18. The molecule has 2 amide bonds. The monoisotopic (exact) mass is 351 g/mol. The van der Waals surface area contributed by atoms with Crippen molar-refractivity contribution in [2.24, 2.45) is 0 Å². The largest absolute Gasteiger partial charge is 0.494 e. The quantitative estimate of drug-likeness (QED) is 0.729. The molecular weight excluding hydrogens is 326 g/mol. The summed E-state index contributed by atoms with van der Waals surface area (Å²) in [7, 11) is 1.73. The Labute approximate surface area is 155 Å². The van der Waals surface area contributed by atoms with Gasteiger partial charge in [0.25, 0.3) is 0 Å². The van der Waals surface area contributed by atoms with Gasteiger partial charge in [-0.1, -0.05) is 37.6 Å². The van der Waals surface area contributed by atoms with Crippen LogP contribution in [0.3, 0.4) is 0 Å². The zero-order valence-electron chi connectivity index (χ0n) is 15.4. The Kier molecular flexibility index (Phi) is 7.50. The Balaban J connectivity index is 1.85. The van der Waals surface area contributed by atoms with E-state index in [9.17, 15) is 4.79 Å². The lowest BCUT2D eigenvalue weighted by molar-refractivity contribution is 0.206. The molecule has 5 heteroatoms. The number of carbonyl (C=O) groups excluding carboxylic acids is 1. The molecule has 0 atom stereocenters. The lowest BCUT2D eigenvalue weighted by Crippen LogP contribution is -2.36. The van der Waals surface area contributed by atoms with Crippen LogP contribution in [0.5, 0.6) is 5.75 Å². The Morgan fingerprint density at radius 1 is 1.19 bits per heavy atom. The van der Waals surface area contributed by atoms with Crippen molar-refractivity contribution in [3.8, 4) is 11.8 Å². The van der Waals surface area contributed by atoms with E-state index in [1.165, 1.54) is 0 Å². The smallest absolute Gasteiger partial charge is 0.317 e. The van der Waals surface area contributed by atoms with Crippen LogP contribution < -0.4 is 10.1 Å². The number of urea groups is 1. The molecule has 0 bridgehead atoms. The number of unbranched alkanes of at least 4 members (excludes halogenated alkanes) is 1. The summed E-state index contributed by atoms with van der Waals surface area (Å²) >= 11 is 0. The second kappa shape index (κ2) is 10.1. The molecule has 0 aliphatic heterocycles. The molecule has 0 aliphatic carbocycles. The van der Waals surface area contributed by atoms with Crippen molar-refractivity contribution in [2.45, 2.75) is 32.9 Å². The van der Waals surface area contributed by atoms with Gasteiger partial charge in [0.2, 0.25) is 0 Å². The van der Waals surface area contributed by atoms with Crippen LogP contribution in [0.1, 0.15) is 36.5 Å². The Morgan fingerprint density at radius 3 is 2.73 bits per heavy atom. The summed E-state index contributed by atoms with van der Waals surface area (Å²) in [6, 6.07) is 17.0. The zero-order valence-corrected chi connectivity index (χ0v) is 15.4. The number of amides is 2. The Morgan fingerprint density at radius 2 is 1.96 bits per heavy atom. The van der Waals surface area contributed by atoms with E-state index in [-0.39, 0.29) is 6.03 Å². The maximum Gasteiger partial charge on any atom is 0.317 e. The SMILES string of the molecule is CCCCOc1cccc(CNC(=O)N(C)Cc2cccc(C#N)c2)c1. The highest BCUT2D eigenvalue weighted by Crippen LogP contribution is 2.14. The average Bonchev–Trinajstić information content (AvgIpc) is 2.66. The van der Waals surface area contributed by atoms with Gasteiger partial charge in [0.05, 0.1) is 18.2 Å². The van der Waals surface area contributed by atoms with E-state index < -0.39 is 0 Å². The highest BCUT2D eigenvalue weighted by Gasteiger charge is 2.09. The first kappa shape index (κ1) is 19.3. The number of carbonyl (C=O) groups is 1. The van der Waals surface area contributed by atoms with Crippen LogP contribution in [0.2, 0.25) is 0 Å². The van der Waals surface area contributed by atoms with E-state index in [4.69, 9.17) is 10.00 Å². The van der Waals surface area contributed by atoms with E-state index in [1.54, 1.807) is 24.1 Å². The van der Waals surface area contributed by atoms with Gasteiger partial charge in [-0.3, -0.25) is 0 Å².